The second-order valence-electron chi connectivity index (χ2n) is 5.52. The van der Waals surface area contributed by atoms with E-state index in [4.69, 9.17) is 0 Å². The van der Waals surface area contributed by atoms with Crippen LogP contribution >= 0.6 is 0 Å². The second kappa shape index (κ2) is 7.04. The number of rotatable bonds is 6. The lowest BCUT2D eigenvalue weighted by molar-refractivity contribution is -0.129. The van der Waals surface area contributed by atoms with Crippen LogP contribution in [0.15, 0.2) is 30.3 Å². The van der Waals surface area contributed by atoms with Crippen LogP contribution < -0.4 is 5.32 Å². The van der Waals surface area contributed by atoms with Crippen molar-refractivity contribution in [3.05, 3.63) is 35.9 Å². The molecule has 1 aromatic carbocycles. The van der Waals surface area contributed by atoms with Gasteiger partial charge in [0.25, 0.3) is 0 Å². The van der Waals surface area contributed by atoms with Gasteiger partial charge in [-0.3, -0.25) is 4.79 Å². The Labute approximate surface area is 126 Å². The van der Waals surface area contributed by atoms with Crippen molar-refractivity contribution in [3.8, 4) is 0 Å². The number of benzene rings is 1. The number of carbonyl (C=O) groups is 1. The molecule has 1 N–H and O–H groups in total. The molecule has 0 bridgehead atoms. The first-order valence-corrected chi connectivity index (χ1v) is 9.25. The molecule has 0 saturated carbocycles. The van der Waals surface area contributed by atoms with Crippen molar-refractivity contribution in [2.24, 2.45) is 0 Å². The second-order valence-corrected chi connectivity index (χ2v) is 7.71. The summed E-state index contributed by atoms with van der Waals surface area (Å²) in [5.41, 5.74) is 0.886. The van der Waals surface area contributed by atoms with Gasteiger partial charge in [-0.25, -0.2) is 8.42 Å². The molecule has 1 amide bonds. The minimum atomic E-state index is -3.13. The molecule has 0 aromatic heterocycles. The quantitative estimate of drug-likeness (QED) is 0.851. The summed E-state index contributed by atoms with van der Waals surface area (Å²) in [6.45, 7) is 1.79. The Bertz CT molecular complexity index is 566. The fraction of sp³-hybridized carbons (Fsp3) is 0.533. The lowest BCUT2D eigenvalue weighted by Gasteiger charge is -2.21. The van der Waals surface area contributed by atoms with Gasteiger partial charge in [0.1, 0.15) is 9.84 Å². The normalized spacial score (nSPS) is 16.9. The molecule has 5 nitrogen and oxygen atoms in total. The number of amides is 1. The SMILES string of the molecule is CS(=O)(=O)C[C@@H](NCC(=O)N1CCCC1)c1ccccc1. The van der Waals surface area contributed by atoms with Gasteiger partial charge in [-0.15, -0.1) is 0 Å². The molecule has 21 heavy (non-hydrogen) atoms. The van der Waals surface area contributed by atoms with E-state index in [2.05, 4.69) is 5.32 Å². The average Bonchev–Trinajstić information content (AvgIpc) is 2.97. The van der Waals surface area contributed by atoms with Gasteiger partial charge in [-0.2, -0.15) is 0 Å². The standard InChI is InChI=1S/C15H22N2O3S/c1-21(19,20)12-14(13-7-3-2-4-8-13)16-11-15(18)17-9-5-6-10-17/h2-4,7-8,14,16H,5-6,9-12H2,1H3/t14-/m1/s1. The molecule has 1 atom stereocenters. The average molecular weight is 310 g/mol. The predicted molar refractivity (Wildman–Crippen MR) is 82.7 cm³/mol. The zero-order valence-electron chi connectivity index (χ0n) is 12.3. The van der Waals surface area contributed by atoms with Crippen LogP contribution in [0.3, 0.4) is 0 Å². The first-order chi connectivity index (χ1) is 9.96. The molecule has 116 valence electrons. The number of hydrogen-bond donors (Lipinski definition) is 1. The summed E-state index contributed by atoms with van der Waals surface area (Å²) in [4.78, 5) is 13.9. The number of carbonyl (C=O) groups excluding carboxylic acids is 1. The minimum Gasteiger partial charge on any atom is -0.342 e. The largest absolute Gasteiger partial charge is 0.342 e. The molecule has 1 aliphatic rings. The van der Waals surface area contributed by atoms with Crippen molar-refractivity contribution in [1.29, 1.82) is 0 Å². The number of sulfone groups is 1. The summed E-state index contributed by atoms with van der Waals surface area (Å²) in [5.74, 6) is 0.0338. The third-order valence-corrected chi connectivity index (χ3v) is 4.57. The fourth-order valence-electron chi connectivity index (χ4n) is 2.55. The Kier molecular flexibility index (Phi) is 5.36. The van der Waals surface area contributed by atoms with Crippen LogP contribution in [0, 0.1) is 0 Å². The molecule has 1 heterocycles. The van der Waals surface area contributed by atoms with E-state index in [1.807, 2.05) is 35.2 Å². The van der Waals surface area contributed by atoms with E-state index in [1.54, 1.807) is 0 Å². The molecule has 1 saturated heterocycles. The lowest BCUT2D eigenvalue weighted by Crippen LogP contribution is -2.39. The fourth-order valence-corrected chi connectivity index (χ4v) is 3.47. The van der Waals surface area contributed by atoms with Crippen LogP contribution in [0.5, 0.6) is 0 Å². The Morgan fingerprint density at radius 1 is 1.24 bits per heavy atom. The first kappa shape index (κ1) is 16.0. The highest BCUT2D eigenvalue weighted by Crippen LogP contribution is 2.15. The van der Waals surface area contributed by atoms with E-state index >= 15 is 0 Å². The Morgan fingerprint density at radius 3 is 2.43 bits per heavy atom. The van der Waals surface area contributed by atoms with Gasteiger partial charge in [-0.05, 0) is 18.4 Å². The van der Waals surface area contributed by atoms with Crippen LogP contribution in [-0.4, -0.2) is 50.9 Å². The lowest BCUT2D eigenvalue weighted by atomic mass is 10.1. The smallest absolute Gasteiger partial charge is 0.236 e. The summed E-state index contributed by atoms with van der Waals surface area (Å²) < 4.78 is 23.2. The maximum atomic E-state index is 12.1. The Hall–Kier alpha value is -1.40. The molecule has 0 spiro atoms. The van der Waals surface area contributed by atoms with Gasteiger partial charge in [0.2, 0.25) is 5.91 Å². The Balaban J connectivity index is 2.00. The maximum Gasteiger partial charge on any atom is 0.236 e. The van der Waals surface area contributed by atoms with Crippen molar-refractivity contribution in [1.82, 2.24) is 10.2 Å². The highest BCUT2D eigenvalue weighted by molar-refractivity contribution is 7.90. The van der Waals surface area contributed by atoms with Crippen LogP contribution in [-0.2, 0) is 14.6 Å². The monoisotopic (exact) mass is 310 g/mol. The number of nitrogens with one attached hydrogen (secondary N) is 1. The van der Waals surface area contributed by atoms with Crippen molar-refractivity contribution >= 4 is 15.7 Å². The maximum absolute atomic E-state index is 12.1. The Morgan fingerprint density at radius 2 is 1.86 bits per heavy atom. The summed E-state index contributed by atoms with van der Waals surface area (Å²) in [6.07, 6.45) is 3.32. The molecular formula is C15H22N2O3S. The van der Waals surface area contributed by atoms with Crippen LogP contribution in [0.2, 0.25) is 0 Å². The van der Waals surface area contributed by atoms with Crippen LogP contribution in [0.4, 0.5) is 0 Å². The van der Waals surface area contributed by atoms with Gasteiger partial charge in [-0.1, -0.05) is 30.3 Å². The van der Waals surface area contributed by atoms with E-state index in [-0.39, 0.29) is 24.2 Å². The van der Waals surface area contributed by atoms with E-state index in [0.717, 1.165) is 31.5 Å². The van der Waals surface area contributed by atoms with Crippen molar-refractivity contribution < 1.29 is 13.2 Å². The van der Waals surface area contributed by atoms with E-state index in [0.29, 0.717) is 0 Å². The molecule has 1 fully saturated rings. The van der Waals surface area contributed by atoms with Gasteiger partial charge in [0.15, 0.2) is 0 Å². The zero-order valence-corrected chi connectivity index (χ0v) is 13.1. The van der Waals surface area contributed by atoms with Crippen LogP contribution in [0.25, 0.3) is 0 Å². The van der Waals surface area contributed by atoms with Gasteiger partial charge < -0.3 is 10.2 Å². The third-order valence-electron chi connectivity index (χ3n) is 3.63. The highest BCUT2D eigenvalue weighted by Gasteiger charge is 2.21. The first-order valence-electron chi connectivity index (χ1n) is 7.19. The van der Waals surface area contributed by atoms with Crippen molar-refractivity contribution in [2.45, 2.75) is 18.9 Å². The molecular weight excluding hydrogens is 288 g/mol. The number of nitrogens with zero attached hydrogens (tertiary/aromatic N) is 1. The molecule has 1 aromatic rings. The van der Waals surface area contributed by atoms with Gasteiger partial charge in [0.05, 0.1) is 12.3 Å². The molecule has 6 heteroatoms. The highest BCUT2D eigenvalue weighted by atomic mass is 32.2. The van der Waals surface area contributed by atoms with Crippen molar-refractivity contribution in [2.75, 3.05) is 31.6 Å². The number of likely N-dealkylation sites (tertiary alicyclic amines) is 1. The zero-order chi connectivity index (χ0) is 15.3. The molecule has 0 aliphatic carbocycles. The summed E-state index contributed by atoms with van der Waals surface area (Å²) in [5, 5.41) is 3.10. The summed E-state index contributed by atoms with van der Waals surface area (Å²) >= 11 is 0. The van der Waals surface area contributed by atoms with Gasteiger partial charge in [0, 0.05) is 25.4 Å². The molecule has 0 unspecified atom stereocenters. The molecule has 2 rings (SSSR count). The van der Waals surface area contributed by atoms with E-state index in [1.165, 1.54) is 6.26 Å². The van der Waals surface area contributed by atoms with Crippen molar-refractivity contribution in [3.63, 3.8) is 0 Å². The molecule has 1 aliphatic heterocycles. The predicted octanol–water partition coefficient (Wildman–Crippen LogP) is 0.984. The topological polar surface area (TPSA) is 66.5 Å². The third kappa shape index (κ3) is 5.13. The van der Waals surface area contributed by atoms with E-state index < -0.39 is 9.84 Å². The molecule has 0 radical (unpaired) electrons. The van der Waals surface area contributed by atoms with E-state index in [9.17, 15) is 13.2 Å². The number of hydrogen-bond acceptors (Lipinski definition) is 4. The van der Waals surface area contributed by atoms with Crippen LogP contribution in [0.1, 0.15) is 24.4 Å². The summed E-state index contributed by atoms with van der Waals surface area (Å²) in [6, 6.07) is 9.03. The minimum absolute atomic E-state index is 0.00963. The summed E-state index contributed by atoms with van der Waals surface area (Å²) in [7, 11) is -3.13. The van der Waals surface area contributed by atoms with Gasteiger partial charge >= 0.3 is 0 Å².